The molecule has 0 spiro atoms. The lowest BCUT2D eigenvalue weighted by Crippen LogP contribution is -2.44. The summed E-state index contributed by atoms with van der Waals surface area (Å²) in [4.78, 5) is 11.8. The average Bonchev–Trinajstić information content (AvgIpc) is 2.84. The van der Waals surface area contributed by atoms with Crippen LogP contribution in [0.5, 0.6) is 0 Å². The number of anilines is 1. The van der Waals surface area contributed by atoms with Gasteiger partial charge in [0.25, 0.3) is 0 Å². The third-order valence-corrected chi connectivity index (χ3v) is 4.14. The Morgan fingerprint density at radius 2 is 2.36 bits per heavy atom. The minimum atomic E-state index is -0.108. The summed E-state index contributed by atoms with van der Waals surface area (Å²) >= 11 is 0. The van der Waals surface area contributed by atoms with Crippen LogP contribution in [0.4, 0.5) is 10.6 Å². The van der Waals surface area contributed by atoms with Crippen molar-refractivity contribution in [3.63, 3.8) is 0 Å². The van der Waals surface area contributed by atoms with Crippen LogP contribution >= 0.6 is 0 Å². The van der Waals surface area contributed by atoms with Crippen molar-refractivity contribution in [3.8, 4) is 6.07 Å². The fourth-order valence-corrected chi connectivity index (χ4v) is 2.97. The molecule has 5 N–H and O–H groups in total. The van der Waals surface area contributed by atoms with Gasteiger partial charge < -0.3 is 16.4 Å². The Hall–Kier alpha value is -2.23. The number of amides is 2. The number of carbonyl (C=O) groups excluding carboxylic acids is 1. The predicted molar refractivity (Wildman–Crippen MR) is 84.0 cm³/mol. The molecule has 1 saturated carbocycles. The molecular weight excluding hydrogens is 280 g/mol. The molecule has 1 aliphatic rings. The van der Waals surface area contributed by atoms with Gasteiger partial charge >= 0.3 is 6.03 Å². The average molecular weight is 304 g/mol. The second-order valence-corrected chi connectivity index (χ2v) is 6.05. The number of nitrogens with one attached hydrogen (secondary N) is 3. The van der Waals surface area contributed by atoms with Crippen molar-refractivity contribution in [3.05, 3.63) is 11.3 Å². The van der Waals surface area contributed by atoms with E-state index in [2.05, 4.69) is 27.8 Å². The van der Waals surface area contributed by atoms with Gasteiger partial charge in [0.05, 0.1) is 5.69 Å². The Balaban J connectivity index is 1.66. The Morgan fingerprint density at radius 1 is 1.55 bits per heavy atom. The molecular formula is C15H24N6O. The van der Waals surface area contributed by atoms with E-state index in [1.165, 1.54) is 12.8 Å². The number of hydrogen-bond acceptors (Lipinski definition) is 4. The molecule has 2 unspecified atom stereocenters. The monoisotopic (exact) mass is 304 g/mol. The number of carbonyl (C=O) groups is 1. The van der Waals surface area contributed by atoms with Gasteiger partial charge in [-0.25, -0.2) is 4.79 Å². The molecule has 1 aromatic rings. The SMILES string of the molecule is CC1CCCC(NC(=O)NCCCc2[nH]nc(N)c2C#N)C1. The van der Waals surface area contributed by atoms with Crippen molar-refractivity contribution in [2.24, 2.45) is 5.92 Å². The number of nitrogen functional groups attached to an aromatic ring is 1. The standard InChI is InChI=1S/C15H24N6O/c1-10-4-2-5-11(8-10)19-15(22)18-7-3-6-13-12(9-16)14(17)21-20-13/h10-11H,2-8H2,1H3,(H3,17,20,21)(H2,18,19,22). The Labute approximate surface area is 130 Å². The van der Waals surface area contributed by atoms with Gasteiger partial charge in [-0.1, -0.05) is 19.8 Å². The molecule has 1 fully saturated rings. The van der Waals surface area contributed by atoms with E-state index in [1.807, 2.05) is 6.07 Å². The molecule has 2 amide bonds. The van der Waals surface area contributed by atoms with Crippen LogP contribution in [0.2, 0.25) is 0 Å². The first-order valence-corrected chi connectivity index (χ1v) is 7.87. The number of nitrogens with zero attached hydrogens (tertiary/aromatic N) is 2. The van der Waals surface area contributed by atoms with Crippen LogP contribution in [0, 0.1) is 17.2 Å². The number of aromatic nitrogens is 2. The fraction of sp³-hybridized carbons (Fsp3) is 0.667. The summed E-state index contributed by atoms with van der Waals surface area (Å²) in [5.41, 5.74) is 6.70. The van der Waals surface area contributed by atoms with Crippen LogP contribution in [0.3, 0.4) is 0 Å². The molecule has 22 heavy (non-hydrogen) atoms. The molecule has 0 radical (unpaired) electrons. The highest BCUT2D eigenvalue weighted by atomic mass is 16.2. The number of urea groups is 1. The summed E-state index contributed by atoms with van der Waals surface area (Å²) in [7, 11) is 0. The van der Waals surface area contributed by atoms with Crippen LogP contribution in [0.25, 0.3) is 0 Å². The number of H-pyrrole nitrogens is 1. The normalized spacial score (nSPS) is 21.1. The highest BCUT2D eigenvalue weighted by molar-refractivity contribution is 5.74. The summed E-state index contributed by atoms with van der Waals surface area (Å²) < 4.78 is 0. The fourth-order valence-electron chi connectivity index (χ4n) is 2.97. The second kappa shape index (κ2) is 7.69. The minimum absolute atomic E-state index is 0.108. The first-order chi connectivity index (χ1) is 10.6. The van der Waals surface area contributed by atoms with Gasteiger partial charge in [-0.2, -0.15) is 10.4 Å². The maximum absolute atomic E-state index is 11.8. The van der Waals surface area contributed by atoms with Crippen LogP contribution in [-0.2, 0) is 6.42 Å². The highest BCUT2D eigenvalue weighted by Gasteiger charge is 2.20. The van der Waals surface area contributed by atoms with E-state index < -0.39 is 0 Å². The summed E-state index contributed by atoms with van der Waals surface area (Å²) in [5.74, 6) is 0.920. The number of hydrogen-bond donors (Lipinski definition) is 4. The van der Waals surface area contributed by atoms with E-state index in [4.69, 9.17) is 11.0 Å². The molecule has 2 rings (SSSR count). The minimum Gasteiger partial charge on any atom is -0.381 e. The lowest BCUT2D eigenvalue weighted by molar-refractivity contribution is 0.227. The van der Waals surface area contributed by atoms with Gasteiger partial charge in [-0.3, -0.25) is 5.10 Å². The molecule has 1 aliphatic carbocycles. The van der Waals surface area contributed by atoms with Gasteiger partial charge in [-0.05, 0) is 31.6 Å². The number of nitrogens with two attached hydrogens (primary N) is 1. The van der Waals surface area contributed by atoms with E-state index in [1.54, 1.807) is 0 Å². The summed E-state index contributed by atoms with van der Waals surface area (Å²) in [6, 6.07) is 2.22. The summed E-state index contributed by atoms with van der Waals surface area (Å²) in [6.45, 7) is 2.78. The van der Waals surface area contributed by atoms with E-state index in [9.17, 15) is 4.79 Å². The zero-order valence-electron chi connectivity index (χ0n) is 13.0. The van der Waals surface area contributed by atoms with Crippen LogP contribution in [0.1, 0.15) is 50.3 Å². The maximum Gasteiger partial charge on any atom is 0.315 e. The van der Waals surface area contributed by atoms with Gasteiger partial charge in [0, 0.05) is 12.6 Å². The lowest BCUT2D eigenvalue weighted by Gasteiger charge is -2.27. The number of aryl methyl sites for hydroxylation is 1. The molecule has 0 aromatic carbocycles. The molecule has 7 nitrogen and oxygen atoms in total. The maximum atomic E-state index is 11.8. The van der Waals surface area contributed by atoms with E-state index in [0.29, 0.717) is 30.5 Å². The lowest BCUT2D eigenvalue weighted by atomic mass is 9.87. The van der Waals surface area contributed by atoms with Gasteiger partial charge in [0.15, 0.2) is 5.82 Å². The number of aromatic amines is 1. The van der Waals surface area contributed by atoms with E-state index in [-0.39, 0.29) is 11.8 Å². The number of rotatable bonds is 5. The largest absolute Gasteiger partial charge is 0.381 e. The Bertz CT molecular complexity index is 547. The van der Waals surface area contributed by atoms with Gasteiger partial charge in [-0.15, -0.1) is 0 Å². The van der Waals surface area contributed by atoms with Crippen molar-refractivity contribution in [1.82, 2.24) is 20.8 Å². The van der Waals surface area contributed by atoms with Crippen molar-refractivity contribution < 1.29 is 4.79 Å². The van der Waals surface area contributed by atoms with Crippen molar-refractivity contribution in [1.29, 1.82) is 5.26 Å². The zero-order chi connectivity index (χ0) is 15.9. The topological polar surface area (TPSA) is 120 Å². The molecule has 0 aliphatic heterocycles. The number of nitriles is 1. The van der Waals surface area contributed by atoms with Crippen LogP contribution < -0.4 is 16.4 Å². The molecule has 7 heteroatoms. The van der Waals surface area contributed by atoms with Crippen molar-refractivity contribution in [2.45, 2.75) is 51.5 Å². The third kappa shape index (κ3) is 4.38. The molecule has 0 saturated heterocycles. The molecule has 0 bridgehead atoms. The van der Waals surface area contributed by atoms with Gasteiger partial charge in [0.2, 0.25) is 0 Å². The quantitative estimate of drug-likeness (QED) is 0.618. The third-order valence-electron chi connectivity index (χ3n) is 4.14. The molecule has 120 valence electrons. The summed E-state index contributed by atoms with van der Waals surface area (Å²) in [5, 5.41) is 21.4. The Morgan fingerprint density at radius 3 is 3.09 bits per heavy atom. The predicted octanol–water partition coefficient (Wildman–Crippen LogP) is 1.67. The first-order valence-electron chi connectivity index (χ1n) is 7.87. The Kier molecular flexibility index (Phi) is 5.64. The van der Waals surface area contributed by atoms with E-state index in [0.717, 1.165) is 25.0 Å². The zero-order valence-corrected chi connectivity index (χ0v) is 13.0. The summed E-state index contributed by atoms with van der Waals surface area (Å²) in [6.07, 6.45) is 5.93. The molecule has 2 atom stereocenters. The van der Waals surface area contributed by atoms with Crippen molar-refractivity contribution in [2.75, 3.05) is 12.3 Å². The molecule has 1 heterocycles. The van der Waals surface area contributed by atoms with Crippen molar-refractivity contribution >= 4 is 11.8 Å². The smallest absolute Gasteiger partial charge is 0.315 e. The van der Waals surface area contributed by atoms with E-state index >= 15 is 0 Å². The van der Waals surface area contributed by atoms with Gasteiger partial charge in [0.1, 0.15) is 11.6 Å². The molecule has 1 aromatic heterocycles. The first kappa shape index (κ1) is 16.1. The highest BCUT2D eigenvalue weighted by Crippen LogP contribution is 2.23. The second-order valence-electron chi connectivity index (χ2n) is 6.05. The van der Waals surface area contributed by atoms with Crippen LogP contribution in [-0.4, -0.2) is 28.8 Å². The van der Waals surface area contributed by atoms with Crippen LogP contribution in [0.15, 0.2) is 0 Å².